The molecule has 0 saturated carbocycles. The first-order valence-corrected chi connectivity index (χ1v) is 6.02. The molecule has 1 aliphatic heterocycles. The highest BCUT2D eigenvalue weighted by molar-refractivity contribution is 6.02. The molecule has 0 aromatic heterocycles. The van der Waals surface area contributed by atoms with Crippen LogP contribution in [0.15, 0.2) is 42.1 Å². The Labute approximate surface area is 102 Å². The Morgan fingerprint density at radius 2 is 2.35 bits per heavy atom. The molecule has 3 heteroatoms. The van der Waals surface area contributed by atoms with E-state index in [9.17, 15) is 0 Å². The molecule has 17 heavy (non-hydrogen) atoms. The van der Waals surface area contributed by atoms with Gasteiger partial charge in [0, 0.05) is 12.0 Å². The van der Waals surface area contributed by atoms with Crippen LogP contribution in [0.3, 0.4) is 0 Å². The lowest BCUT2D eigenvalue weighted by Crippen LogP contribution is -2.86. The van der Waals surface area contributed by atoms with E-state index in [0.29, 0.717) is 0 Å². The van der Waals surface area contributed by atoms with Gasteiger partial charge in [0.1, 0.15) is 6.54 Å². The monoisotopic (exact) mass is 231 g/mol. The molecule has 1 atom stereocenters. The highest BCUT2D eigenvalue weighted by Gasteiger charge is 2.23. The Kier molecular flexibility index (Phi) is 3.94. The van der Waals surface area contributed by atoms with Crippen molar-refractivity contribution >= 4 is 5.71 Å². The van der Waals surface area contributed by atoms with Crippen molar-refractivity contribution in [1.29, 1.82) is 0 Å². The van der Waals surface area contributed by atoms with E-state index in [4.69, 9.17) is 4.84 Å². The van der Waals surface area contributed by atoms with Gasteiger partial charge in [-0.1, -0.05) is 36.0 Å². The zero-order valence-electron chi connectivity index (χ0n) is 10.2. The number of hydrogen-bond acceptors (Lipinski definition) is 2. The van der Waals surface area contributed by atoms with Crippen LogP contribution in [0.25, 0.3) is 0 Å². The number of aryl methyl sites for hydroxylation is 1. The van der Waals surface area contributed by atoms with Crippen LogP contribution in [0, 0.1) is 6.92 Å². The molecule has 1 aliphatic rings. The van der Waals surface area contributed by atoms with E-state index in [1.807, 2.05) is 18.2 Å². The van der Waals surface area contributed by atoms with E-state index < -0.39 is 0 Å². The molecule has 3 nitrogen and oxygen atoms in total. The second kappa shape index (κ2) is 5.64. The van der Waals surface area contributed by atoms with Gasteiger partial charge < -0.3 is 10.2 Å². The van der Waals surface area contributed by atoms with E-state index in [0.717, 1.165) is 25.2 Å². The summed E-state index contributed by atoms with van der Waals surface area (Å²) in [4.78, 5) is 5.44. The minimum atomic E-state index is 0.199. The van der Waals surface area contributed by atoms with Gasteiger partial charge in [-0.05, 0) is 18.6 Å². The molecular weight excluding hydrogens is 212 g/mol. The van der Waals surface area contributed by atoms with Gasteiger partial charge in [0.15, 0.2) is 6.10 Å². The van der Waals surface area contributed by atoms with Gasteiger partial charge in [-0.2, -0.15) is 0 Å². The van der Waals surface area contributed by atoms with Crippen LogP contribution in [0.4, 0.5) is 0 Å². The zero-order valence-corrected chi connectivity index (χ0v) is 10.2. The largest absolute Gasteiger partial charge is 0.386 e. The summed E-state index contributed by atoms with van der Waals surface area (Å²) in [6.45, 7) is 7.67. The van der Waals surface area contributed by atoms with Crippen molar-refractivity contribution in [2.24, 2.45) is 5.16 Å². The smallest absolute Gasteiger partial charge is 0.181 e. The van der Waals surface area contributed by atoms with E-state index in [-0.39, 0.29) is 6.10 Å². The fraction of sp³-hybridized carbons (Fsp3) is 0.357. The molecular formula is C14H19N2O+. The quantitative estimate of drug-likeness (QED) is 0.601. The highest BCUT2D eigenvalue weighted by atomic mass is 16.6. The average Bonchev–Trinajstić information content (AvgIpc) is 2.79. The lowest BCUT2D eigenvalue weighted by Gasteiger charge is -2.06. The Morgan fingerprint density at radius 3 is 3.12 bits per heavy atom. The van der Waals surface area contributed by atoms with E-state index in [1.54, 1.807) is 0 Å². The molecule has 1 heterocycles. The van der Waals surface area contributed by atoms with Gasteiger partial charge in [0.2, 0.25) is 0 Å². The van der Waals surface area contributed by atoms with Gasteiger partial charge in [-0.25, -0.2) is 0 Å². The van der Waals surface area contributed by atoms with Crippen molar-refractivity contribution < 1.29 is 10.2 Å². The number of nitrogens with zero attached hydrogens (tertiary/aromatic N) is 1. The normalized spacial score (nSPS) is 18.6. The molecule has 0 aliphatic carbocycles. The Hall–Kier alpha value is -1.61. The standard InChI is InChI=1S/C14H18N2O/c1-3-8-15-10-12-9-14(16-17-12)13-7-5-4-6-11(13)2/h3-7,12,15H,1,8-10H2,2H3/p+1/t12-/m1/s1. The summed E-state index contributed by atoms with van der Waals surface area (Å²) in [5.41, 5.74) is 3.53. The fourth-order valence-electron chi connectivity index (χ4n) is 2.01. The van der Waals surface area contributed by atoms with Crippen LogP contribution in [0.2, 0.25) is 0 Å². The summed E-state index contributed by atoms with van der Waals surface area (Å²) < 4.78 is 0. The van der Waals surface area contributed by atoms with Crippen molar-refractivity contribution in [2.45, 2.75) is 19.4 Å². The molecule has 0 amide bonds. The van der Waals surface area contributed by atoms with Gasteiger partial charge in [-0.15, -0.1) is 0 Å². The zero-order chi connectivity index (χ0) is 12.1. The number of nitrogens with two attached hydrogens (primary N) is 1. The summed E-state index contributed by atoms with van der Waals surface area (Å²) >= 11 is 0. The van der Waals surface area contributed by atoms with Crippen molar-refractivity contribution in [1.82, 2.24) is 0 Å². The number of oxime groups is 1. The number of quaternary nitrogens is 1. The summed E-state index contributed by atoms with van der Waals surface area (Å²) in [5, 5.41) is 6.39. The second-order valence-corrected chi connectivity index (χ2v) is 4.33. The van der Waals surface area contributed by atoms with E-state index >= 15 is 0 Å². The van der Waals surface area contributed by atoms with Crippen LogP contribution in [0.5, 0.6) is 0 Å². The molecule has 0 saturated heterocycles. The molecule has 0 bridgehead atoms. The molecule has 1 aromatic carbocycles. The fourth-order valence-corrected chi connectivity index (χ4v) is 2.01. The molecule has 2 N–H and O–H groups in total. The van der Waals surface area contributed by atoms with Crippen LogP contribution >= 0.6 is 0 Å². The highest BCUT2D eigenvalue weighted by Crippen LogP contribution is 2.18. The maximum Gasteiger partial charge on any atom is 0.181 e. The minimum absolute atomic E-state index is 0.199. The molecule has 0 spiro atoms. The summed E-state index contributed by atoms with van der Waals surface area (Å²) in [6.07, 6.45) is 3.00. The predicted octanol–water partition coefficient (Wildman–Crippen LogP) is 1.24. The first-order valence-electron chi connectivity index (χ1n) is 6.02. The van der Waals surface area contributed by atoms with Gasteiger partial charge in [0.25, 0.3) is 0 Å². The first-order chi connectivity index (χ1) is 8.31. The van der Waals surface area contributed by atoms with Crippen LogP contribution in [0.1, 0.15) is 17.5 Å². The minimum Gasteiger partial charge on any atom is -0.386 e. The lowest BCUT2D eigenvalue weighted by molar-refractivity contribution is -0.652. The molecule has 1 aromatic rings. The topological polar surface area (TPSA) is 38.2 Å². The predicted molar refractivity (Wildman–Crippen MR) is 69.1 cm³/mol. The van der Waals surface area contributed by atoms with Crippen molar-refractivity contribution in [3.05, 3.63) is 48.0 Å². The Bertz CT molecular complexity index is 426. The Morgan fingerprint density at radius 1 is 1.53 bits per heavy atom. The average molecular weight is 231 g/mol. The van der Waals surface area contributed by atoms with Crippen LogP contribution in [-0.2, 0) is 4.84 Å². The van der Waals surface area contributed by atoms with Crippen LogP contribution < -0.4 is 5.32 Å². The van der Waals surface area contributed by atoms with Gasteiger partial charge in [0.05, 0.1) is 12.3 Å². The number of rotatable bonds is 5. The van der Waals surface area contributed by atoms with Gasteiger partial charge in [-0.3, -0.25) is 0 Å². The second-order valence-electron chi connectivity index (χ2n) is 4.33. The van der Waals surface area contributed by atoms with Crippen molar-refractivity contribution in [3.63, 3.8) is 0 Å². The van der Waals surface area contributed by atoms with Crippen LogP contribution in [-0.4, -0.2) is 24.9 Å². The molecule has 90 valence electrons. The van der Waals surface area contributed by atoms with Crippen molar-refractivity contribution in [3.8, 4) is 0 Å². The number of hydrogen-bond donors (Lipinski definition) is 1. The maximum absolute atomic E-state index is 5.44. The van der Waals surface area contributed by atoms with E-state index in [1.165, 1.54) is 11.1 Å². The van der Waals surface area contributed by atoms with Crippen molar-refractivity contribution in [2.75, 3.05) is 13.1 Å². The van der Waals surface area contributed by atoms with Gasteiger partial charge >= 0.3 is 0 Å². The Balaban J connectivity index is 1.93. The maximum atomic E-state index is 5.44. The lowest BCUT2D eigenvalue weighted by atomic mass is 10.0. The third-order valence-corrected chi connectivity index (χ3v) is 2.95. The SMILES string of the molecule is C=CC[NH2+]C[C@H]1CC(c2ccccc2C)=NO1. The molecule has 2 rings (SSSR count). The molecule has 0 radical (unpaired) electrons. The summed E-state index contributed by atoms with van der Waals surface area (Å²) in [7, 11) is 0. The number of benzene rings is 1. The van der Waals surface area contributed by atoms with E-state index in [2.05, 4.69) is 36.1 Å². The molecule has 0 fully saturated rings. The third-order valence-electron chi connectivity index (χ3n) is 2.95. The summed E-state index contributed by atoms with van der Waals surface area (Å²) in [6, 6.07) is 8.30. The third kappa shape index (κ3) is 2.94. The summed E-state index contributed by atoms with van der Waals surface area (Å²) in [5.74, 6) is 0. The molecule has 0 unspecified atom stereocenters. The first kappa shape index (κ1) is 11.9.